The normalized spacial score (nSPS) is 16.6. The molecule has 1 aliphatic rings. The first-order chi connectivity index (χ1) is 7.70. The summed E-state index contributed by atoms with van der Waals surface area (Å²) in [4.78, 5) is 12.0. The van der Waals surface area contributed by atoms with E-state index in [-0.39, 0.29) is 5.91 Å². The lowest BCUT2D eigenvalue weighted by molar-refractivity contribution is 0.0928. The van der Waals surface area contributed by atoms with E-state index < -0.39 is 0 Å². The largest absolute Gasteiger partial charge is 0.348 e. The summed E-state index contributed by atoms with van der Waals surface area (Å²) in [5.74, 6) is 0.0154. The molecule has 0 unspecified atom stereocenters. The number of hydrogen-bond donors (Lipinski definition) is 1. The van der Waals surface area contributed by atoms with Crippen molar-refractivity contribution in [3.8, 4) is 0 Å². The minimum atomic E-state index is 0.0154. The summed E-state index contributed by atoms with van der Waals surface area (Å²) in [5, 5.41) is 7.35. The molecule has 0 radical (unpaired) electrons. The summed E-state index contributed by atoms with van der Waals surface area (Å²) in [6.45, 7) is 2.04. The van der Waals surface area contributed by atoms with Gasteiger partial charge < -0.3 is 5.32 Å². The van der Waals surface area contributed by atoms with Gasteiger partial charge in [-0.25, -0.2) is 0 Å². The molecule has 1 aromatic rings. The molecule has 4 heteroatoms. The average molecular weight is 221 g/mol. The van der Waals surface area contributed by atoms with E-state index in [0.717, 1.165) is 25.0 Å². The molecule has 0 bridgehead atoms. The van der Waals surface area contributed by atoms with Gasteiger partial charge in [0, 0.05) is 13.1 Å². The van der Waals surface area contributed by atoms with Gasteiger partial charge in [0.15, 0.2) is 0 Å². The van der Waals surface area contributed by atoms with Crippen molar-refractivity contribution in [3.63, 3.8) is 0 Å². The molecule has 0 saturated heterocycles. The maximum Gasteiger partial charge on any atom is 0.269 e. The number of nitrogens with zero attached hydrogens (tertiary/aromatic N) is 2. The summed E-state index contributed by atoms with van der Waals surface area (Å²) in [7, 11) is 1.82. The Bertz CT molecular complexity index is 378. The minimum absolute atomic E-state index is 0.0154. The zero-order chi connectivity index (χ0) is 11.5. The Morgan fingerprint density at radius 2 is 2.25 bits per heavy atom. The summed E-state index contributed by atoms with van der Waals surface area (Å²) in [6, 6.07) is 2.25. The maximum atomic E-state index is 12.0. The van der Waals surface area contributed by atoms with E-state index in [9.17, 15) is 4.79 Å². The SMILES string of the molecule is CCc1cc(C(=O)NC2CCCC2)n(C)n1. The van der Waals surface area contributed by atoms with Crippen LogP contribution in [0.5, 0.6) is 0 Å². The van der Waals surface area contributed by atoms with E-state index >= 15 is 0 Å². The van der Waals surface area contributed by atoms with Gasteiger partial charge in [0.1, 0.15) is 5.69 Å². The second-order valence-corrected chi connectivity index (χ2v) is 4.45. The van der Waals surface area contributed by atoms with Crippen molar-refractivity contribution in [3.05, 3.63) is 17.5 Å². The van der Waals surface area contributed by atoms with Crippen LogP contribution in [-0.2, 0) is 13.5 Å². The Morgan fingerprint density at radius 1 is 1.56 bits per heavy atom. The Morgan fingerprint density at radius 3 is 2.81 bits per heavy atom. The van der Waals surface area contributed by atoms with Crippen LogP contribution in [-0.4, -0.2) is 21.7 Å². The molecule has 4 nitrogen and oxygen atoms in total. The van der Waals surface area contributed by atoms with Crippen LogP contribution in [0.1, 0.15) is 48.8 Å². The number of amides is 1. The van der Waals surface area contributed by atoms with Crippen molar-refractivity contribution in [2.75, 3.05) is 0 Å². The first-order valence-corrected chi connectivity index (χ1v) is 6.04. The predicted octanol–water partition coefficient (Wildman–Crippen LogP) is 1.65. The van der Waals surface area contributed by atoms with Crippen molar-refractivity contribution in [1.29, 1.82) is 0 Å². The molecule has 0 aromatic carbocycles. The fourth-order valence-electron chi connectivity index (χ4n) is 2.24. The van der Waals surface area contributed by atoms with Crippen molar-refractivity contribution in [1.82, 2.24) is 15.1 Å². The third-order valence-corrected chi connectivity index (χ3v) is 3.22. The van der Waals surface area contributed by atoms with Gasteiger partial charge in [-0.15, -0.1) is 0 Å². The molecule has 0 aliphatic heterocycles. The van der Waals surface area contributed by atoms with E-state index in [1.165, 1.54) is 12.8 Å². The zero-order valence-electron chi connectivity index (χ0n) is 9.99. The van der Waals surface area contributed by atoms with E-state index in [0.29, 0.717) is 11.7 Å². The maximum absolute atomic E-state index is 12.0. The van der Waals surface area contributed by atoms with Gasteiger partial charge in [-0.3, -0.25) is 9.48 Å². The van der Waals surface area contributed by atoms with E-state index in [2.05, 4.69) is 10.4 Å². The number of carbonyl (C=O) groups is 1. The van der Waals surface area contributed by atoms with Gasteiger partial charge >= 0.3 is 0 Å². The van der Waals surface area contributed by atoms with Crippen LogP contribution in [0.2, 0.25) is 0 Å². The van der Waals surface area contributed by atoms with Crippen LogP contribution in [0, 0.1) is 0 Å². The molecule has 0 atom stereocenters. The molecule has 1 saturated carbocycles. The number of carbonyl (C=O) groups excluding carboxylic acids is 1. The Kier molecular flexibility index (Phi) is 3.27. The highest BCUT2D eigenvalue weighted by molar-refractivity contribution is 5.92. The quantitative estimate of drug-likeness (QED) is 0.843. The van der Waals surface area contributed by atoms with Crippen LogP contribution in [0.4, 0.5) is 0 Å². The Hall–Kier alpha value is -1.32. The molecule has 1 heterocycles. The standard InChI is InChI=1S/C12H19N3O/c1-3-9-8-11(15(2)14-9)12(16)13-10-6-4-5-7-10/h8,10H,3-7H2,1-2H3,(H,13,16). The van der Waals surface area contributed by atoms with Crippen molar-refractivity contribution < 1.29 is 4.79 Å². The highest BCUT2D eigenvalue weighted by Crippen LogP contribution is 2.18. The van der Waals surface area contributed by atoms with E-state index in [4.69, 9.17) is 0 Å². The molecule has 1 aromatic heterocycles. The van der Waals surface area contributed by atoms with Crippen LogP contribution in [0.3, 0.4) is 0 Å². The number of aromatic nitrogens is 2. The molecule has 0 spiro atoms. The van der Waals surface area contributed by atoms with Crippen molar-refractivity contribution in [2.24, 2.45) is 7.05 Å². The molecule has 16 heavy (non-hydrogen) atoms. The van der Waals surface area contributed by atoms with Crippen LogP contribution >= 0.6 is 0 Å². The first kappa shape index (κ1) is 11.2. The van der Waals surface area contributed by atoms with E-state index in [1.54, 1.807) is 4.68 Å². The van der Waals surface area contributed by atoms with E-state index in [1.807, 2.05) is 20.0 Å². The summed E-state index contributed by atoms with van der Waals surface area (Å²) < 4.78 is 1.67. The van der Waals surface area contributed by atoms with Gasteiger partial charge in [0.25, 0.3) is 5.91 Å². The third kappa shape index (κ3) is 2.26. The van der Waals surface area contributed by atoms with Gasteiger partial charge in [0.2, 0.25) is 0 Å². The topological polar surface area (TPSA) is 46.9 Å². The van der Waals surface area contributed by atoms with Crippen molar-refractivity contribution >= 4 is 5.91 Å². The highest BCUT2D eigenvalue weighted by Gasteiger charge is 2.20. The molecule has 1 amide bonds. The lowest BCUT2D eigenvalue weighted by Gasteiger charge is -2.11. The van der Waals surface area contributed by atoms with Crippen molar-refractivity contribution in [2.45, 2.75) is 45.1 Å². The fraction of sp³-hybridized carbons (Fsp3) is 0.667. The minimum Gasteiger partial charge on any atom is -0.348 e. The van der Waals surface area contributed by atoms with Gasteiger partial charge in [-0.1, -0.05) is 19.8 Å². The summed E-state index contributed by atoms with van der Waals surface area (Å²) in [5.41, 5.74) is 1.64. The summed E-state index contributed by atoms with van der Waals surface area (Å²) >= 11 is 0. The molecule has 2 rings (SSSR count). The lowest BCUT2D eigenvalue weighted by Crippen LogP contribution is -2.33. The fourth-order valence-corrected chi connectivity index (χ4v) is 2.24. The highest BCUT2D eigenvalue weighted by atomic mass is 16.2. The van der Waals surface area contributed by atoms with Gasteiger partial charge in [-0.05, 0) is 25.3 Å². The smallest absolute Gasteiger partial charge is 0.269 e. The first-order valence-electron chi connectivity index (χ1n) is 6.04. The monoisotopic (exact) mass is 221 g/mol. The van der Waals surface area contributed by atoms with Crippen LogP contribution in [0.25, 0.3) is 0 Å². The number of aryl methyl sites for hydroxylation is 2. The third-order valence-electron chi connectivity index (χ3n) is 3.22. The molecular weight excluding hydrogens is 202 g/mol. The van der Waals surface area contributed by atoms with Gasteiger partial charge in [0.05, 0.1) is 5.69 Å². The molecule has 1 aliphatic carbocycles. The number of rotatable bonds is 3. The second kappa shape index (κ2) is 4.68. The Labute approximate surface area is 96.0 Å². The number of hydrogen-bond acceptors (Lipinski definition) is 2. The average Bonchev–Trinajstić information content (AvgIpc) is 2.87. The molecule has 1 N–H and O–H groups in total. The Balaban J connectivity index is 2.04. The second-order valence-electron chi connectivity index (χ2n) is 4.45. The number of nitrogens with one attached hydrogen (secondary N) is 1. The molecule has 1 fully saturated rings. The zero-order valence-corrected chi connectivity index (χ0v) is 9.99. The molecule has 88 valence electrons. The summed E-state index contributed by atoms with van der Waals surface area (Å²) in [6.07, 6.45) is 5.56. The lowest BCUT2D eigenvalue weighted by atomic mass is 10.2. The van der Waals surface area contributed by atoms with Crippen LogP contribution in [0.15, 0.2) is 6.07 Å². The van der Waals surface area contributed by atoms with Crippen LogP contribution < -0.4 is 5.32 Å². The predicted molar refractivity (Wildman–Crippen MR) is 62.3 cm³/mol. The van der Waals surface area contributed by atoms with Gasteiger partial charge in [-0.2, -0.15) is 5.10 Å². The molecular formula is C12H19N3O.